The number of rotatable bonds is 5. The molecule has 3 aromatic rings. The number of carbonyl (C=O) groups is 1. The second-order valence-corrected chi connectivity index (χ2v) is 7.31. The highest BCUT2D eigenvalue weighted by Crippen LogP contribution is 2.24. The van der Waals surface area contributed by atoms with E-state index in [1.54, 1.807) is 25.3 Å². The van der Waals surface area contributed by atoms with E-state index in [4.69, 9.17) is 14.0 Å². The Kier molecular flexibility index (Phi) is 6.14. The molecule has 4 rings (SSSR count). The Balaban J connectivity index is 1.32. The molecule has 1 saturated carbocycles. The predicted molar refractivity (Wildman–Crippen MR) is 113 cm³/mol. The van der Waals surface area contributed by atoms with Gasteiger partial charge in [-0.25, -0.2) is 4.79 Å². The molecule has 0 bridgehead atoms. The van der Waals surface area contributed by atoms with Crippen molar-refractivity contribution >= 4 is 5.97 Å². The number of ether oxygens (including phenoxy) is 2. The Bertz CT molecular complexity index is 1050. The van der Waals surface area contributed by atoms with Gasteiger partial charge < -0.3 is 14.0 Å². The Morgan fingerprint density at radius 3 is 2.53 bits per heavy atom. The van der Waals surface area contributed by atoms with E-state index in [1.807, 2.05) is 36.4 Å². The summed E-state index contributed by atoms with van der Waals surface area (Å²) in [6.07, 6.45) is 4.94. The molecule has 0 N–H and O–H groups in total. The lowest BCUT2D eigenvalue weighted by molar-refractivity contribution is 0.0437. The van der Waals surface area contributed by atoms with Gasteiger partial charge in [-0.2, -0.15) is 0 Å². The number of nitrogens with zero attached hydrogens (tertiary/aromatic N) is 1. The van der Waals surface area contributed by atoms with Crippen molar-refractivity contribution < 1.29 is 18.8 Å². The molecule has 2 aromatic carbocycles. The molecule has 1 heterocycles. The molecule has 1 aromatic heterocycles. The molecule has 0 saturated heterocycles. The van der Waals surface area contributed by atoms with Crippen LogP contribution in [-0.4, -0.2) is 18.2 Å². The first kappa shape index (κ1) is 19.8. The zero-order valence-electron chi connectivity index (χ0n) is 16.9. The van der Waals surface area contributed by atoms with E-state index in [0.717, 1.165) is 16.9 Å². The van der Waals surface area contributed by atoms with E-state index in [0.29, 0.717) is 22.9 Å². The summed E-state index contributed by atoms with van der Waals surface area (Å²) in [4.78, 5) is 12.3. The van der Waals surface area contributed by atoms with Gasteiger partial charge in [0.2, 0.25) is 0 Å². The molecule has 30 heavy (non-hydrogen) atoms. The third-order valence-electron chi connectivity index (χ3n) is 5.19. The number of aromatic nitrogens is 1. The summed E-state index contributed by atoms with van der Waals surface area (Å²) in [7, 11) is 1.62. The van der Waals surface area contributed by atoms with Crippen LogP contribution in [0.15, 0.2) is 59.1 Å². The number of hydrogen-bond donors (Lipinski definition) is 0. The Labute approximate surface area is 176 Å². The summed E-state index contributed by atoms with van der Waals surface area (Å²) in [6, 6.07) is 16.4. The standard InChI is InChI=1S/C25H23NO4/c1-28-22-14-12-20(13-15-22)24-16-23(30-26-24)17-29-25(27)21-10-8-19(9-11-21)7-6-18-4-2-3-5-18/h8-16,18H,2-5,17H2,1H3. The van der Waals surface area contributed by atoms with Gasteiger partial charge in [0.05, 0.1) is 12.7 Å². The SMILES string of the molecule is COc1ccc(-c2cc(COC(=O)c3ccc(C#CC4CCCC4)cc3)on2)cc1. The summed E-state index contributed by atoms with van der Waals surface area (Å²) >= 11 is 0. The Morgan fingerprint density at radius 2 is 1.83 bits per heavy atom. The molecule has 0 aliphatic heterocycles. The summed E-state index contributed by atoms with van der Waals surface area (Å²) in [5.41, 5.74) is 2.97. The first-order valence-corrected chi connectivity index (χ1v) is 10.1. The fraction of sp³-hybridized carbons (Fsp3) is 0.280. The third kappa shape index (κ3) is 4.90. The van der Waals surface area contributed by atoms with E-state index >= 15 is 0 Å². The lowest BCUT2D eigenvalue weighted by Crippen LogP contribution is -2.04. The monoisotopic (exact) mass is 401 g/mol. The number of carbonyl (C=O) groups excluding carboxylic acids is 1. The highest BCUT2D eigenvalue weighted by Gasteiger charge is 2.13. The quantitative estimate of drug-likeness (QED) is 0.432. The first-order chi connectivity index (χ1) is 14.7. The maximum atomic E-state index is 12.3. The minimum Gasteiger partial charge on any atom is -0.497 e. The number of esters is 1. The minimum absolute atomic E-state index is 0.0191. The van der Waals surface area contributed by atoms with Gasteiger partial charge in [0.1, 0.15) is 11.4 Å². The highest BCUT2D eigenvalue weighted by molar-refractivity contribution is 5.89. The molecule has 0 unspecified atom stereocenters. The van der Waals surface area contributed by atoms with E-state index in [-0.39, 0.29) is 6.61 Å². The van der Waals surface area contributed by atoms with Crippen LogP contribution < -0.4 is 4.74 Å². The van der Waals surface area contributed by atoms with Crippen molar-refractivity contribution in [3.8, 4) is 28.8 Å². The van der Waals surface area contributed by atoms with Gasteiger partial charge in [0.25, 0.3) is 0 Å². The topological polar surface area (TPSA) is 61.6 Å². The molecule has 1 aliphatic carbocycles. The molecule has 0 spiro atoms. The first-order valence-electron chi connectivity index (χ1n) is 10.1. The molecule has 1 aliphatic rings. The molecule has 0 atom stereocenters. The van der Waals surface area contributed by atoms with Crippen LogP contribution in [0.25, 0.3) is 11.3 Å². The van der Waals surface area contributed by atoms with Gasteiger partial charge in [0.15, 0.2) is 12.4 Å². The maximum Gasteiger partial charge on any atom is 0.338 e. The van der Waals surface area contributed by atoms with Gasteiger partial charge in [-0.05, 0) is 61.4 Å². The summed E-state index contributed by atoms with van der Waals surface area (Å²) in [5, 5.41) is 4.03. The Hall–Kier alpha value is -3.52. The normalized spacial score (nSPS) is 13.5. The molecule has 0 amide bonds. The van der Waals surface area contributed by atoms with Crippen molar-refractivity contribution in [2.24, 2.45) is 5.92 Å². The van der Waals surface area contributed by atoms with Crippen LogP contribution in [0.5, 0.6) is 5.75 Å². The molecule has 5 nitrogen and oxygen atoms in total. The number of hydrogen-bond acceptors (Lipinski definition) is 5. The fourth-order valence-electron chi connectivity index (χ4n) is 3.44. The molecule has 5 heteroatoms. The fourth-order valence-corrected chi connectivity index (χ4v) is 3.44. The molecule has 1 fully saturated rings. The van der Waals surface area contributed by atoms with Crippen LogP contribution in [0.4, 0.5) is 0 Å². The van der Waals surface area contributed by atoms with Gasteiger partial charge in [-0.15, -0.1) is 0 Å². The van der Waals surface area contributed by atoms with Crippen LogP contribution in [0.2, 0.25) is 0 Å². The van der Waals surface area contributed by atoms with Crippen LogP contribution in [-0.2, 0) is 11.3 Å². The average molecular weight is 401 g/mol. The predicted octanol–water partition coefficient (Wildman–Crippen LogP) is 5.25. The van der Waals surface area contributed by atoms with Gasteiger partial charge in [-0.3, -0.25) is 0 Å². The third-order valence-corrected chi connectivity index (χ3v) is 5.19. The summed E-state index contributed by atoms with van der Waals surface area (Å²) in [6.45, 7) is 0.0191. The van der Waals surface area contributed by atoms with Crippen molar-refractivity contribution in [1.82, 2.24) is 5.16 Å². The van der Waals surface area contributed by atoms with E-state index in [1.165, 1.54) is 25.7 Å². The van der Waals surface area contributed by atoms with Crippen LogP contribution in [0.1, 0.15) is 47.4 Å². The van der Waals surface area contributed by atoms with Crippen LogP contribution in [0, 0.1) is 17.8 Å². The summed E-state index contributed by atoms with van der Waals surface area (Å²) in [5.74, 6) is 7.88. The molecular weight excluding hydrogens is 378 g/mol. The van der Waals surface area contributed by atoms with Crippen LogP contribution >= 0.6 is 0 Å². The van der Waals surface area contributed by atoms with E-state index < -0.39 is 5.97 Å². The van der Waals surface area contributed by atoms with E-state index in [2.05, 4.69) is 17.0 Å². The van der Waals surface area contributed by atoms with Gasteiger partial charge in [0, 0.05) is 23.1 Å². The lowest BCUT2D eigenvalue weighted by atomic mass is 10.1. The van der Waals surface area contributed by atoms with Crippen molar-refractivity contribution in [3.05, 3.63) is 71.5 Å². The van der Waals surface area contributed by atoms with E-state index in [9.17, 15) is 4.79 Å². The molecule has 0 radical (unpaired) electrons. The van der Waals surface area contributed by atoms with Crippen LogP contribution in [0.3, 0.4) is 0 Å². The average Bonchev–Trinajstić information content (AvgIpc) is 3.49. The summed E-state index contributed by atoms with van der Waals surface area (Å²) < 4.78 is 15.8. The van der Waals surface area contributed by atoms with Crippen molar-refractivity contribution in [2.45, 2.75) is 32.3 Å². The zero-order chi connectivity index (χ0) is 20.8. The van der Waals surface area contributed by atoms with Crippen molar-refractivity contribution in [3.63, 3.8) is 0 Å². The zero-order valence-corrected chi connectivity index (χ0v) is 16.9. The van der Waals surface area contributed by atoms with Crippen molar-refractivity contribution in [2.75, 3.05) is 7.11 Å². The van der Waals surface area contributed by atoms with Gasteiger partial charge >= 0.3 is 5.97 Å². The largest absolute Gasteiger partial charge is 0.497 e. The van der Waals surface area contributed by atoms with Gasteiger partial charge in [-0.1, -0.05) is 29.8 Å². The highest BCUT2D eigenvalue weighted by atomic mass is 16.5. The Morgan fingerprint density at radius 1 is 1.10 bits per heavy atom. The second kappa shape index (κ2) is 9.32. The molecule has 152 valence electrons. The number of methoxy groups -OCH3 is 1. The maximum absolute atomic E-state index is 12.3. The minimum atomic E-state index is -0.410. The van der Waals surface area contributed by atoms with Crippen molar-refractivity contribution in [1.29, 1.82) is 0 Å². The lowest BCUT2D eigenvalue weighted by Gasteiger charge is -2.02. The second-order valence-electron chi connectivity index (χ2n) is 7.31. The molecular formula is C25H23NO4. The number of benzene rings is 2. The smallest absolute Gasteiger partial charge is 0.338 e.